The van der Waals surface area contributed by atoms with Crippen molar-refractivity contribution < 1.29 is 19.0 Å². The Bertz CT molecular complexity index is 747. The quantitative estimate of drug-likeness (QED) is 0.802. The zero-order valence-electron chi connectivity index (χ0n) is 13.7. The predicted molar refractivity (Wildman–Crippen MR) is 86.9 cm³/mol. The molecular weight excluding hydrogens is 314 g/mol. The molecule has 24 heavy (non-hydrogen) atoms. The summed E-state index contributed by atoms with van der Waals surface area (Å²) >= 11 is 0. The van der Waals surface area contributed by atoms with Gasteiger partial charge < -0.3 is 19.5 Å². The van der Waals surface area contributed by atoms with Crippen molar-refractivity contribution in [2.45, 2.75) is 6.54 Å². The maximum atomic E-state index is 12.3. The Kier molecular flexibility index (Phi) is 5.78. The Labute approximate surface area is 139 Å². The Balaban J connectivity index is 2.09. The van der Waals surface area contributed by atoms with E-state index in [2.05, 4.69) is 10.3 Å². The Morgan fingerprint density at radius 2 is 1.83 bits per heavy atom. The summed E-state index contributed by atoms with van der Waals surface area (Å²) in [6.45, 7) is 0.601. The fourth-order valence-electron chi connectivity index (χ4n) is 2.15. The molecule has 0 aliphatic heterocycles. The maximum Gasteiger partial charge on any atom is 0.253 e. The molecule has 1 amide bonds. The normalized spacial score (nSPS) is 10.1. The zero-order valence-corrected chi connectivity index (χ0v) is 13.7. The first-order chi connectivity index (χ1) is 11.6. The SMILES string of the molecule is COc1cc(C(=O)NCCn2cnccc2=O)cc(OC)c1OC. The number of hydrogen-bond acceptors (Lipinski definition) is 6. The van der Waals surface area contributed by atoms with Crippen molar-refractivity contribution in [2.24, 2.45) is 0 Å². The van der Waals surface area contributed by atoms with Crippen LogP contribution in [0.2, 0.25) is 0 Å². The Morgan fingerprint density at radius 3 is 2.38 bits per heavy atom. The number of carbonyl (C=O) groups is 1. The summed E-state index contributed by atoms with van der Waals surface area (Å²) in [7, 11) is 4.45. The summed E-state index contributed by atoms with van der Waals surface area (Å²) in [5.74, 6) is 0.889. The second kappa shape index (κ2) is 8.00. The molecule has 0 spiro atoms. The van der Waals surface area contributed by atoms with Crippen molar-refractivity contribution in [3.05, 3.63) is 46.6 Å². The standard InChI is InChI=1S/C16H19N3O5/c1-22-12-8-11(9-13(23-2)15(12)24-3)16(21)18-6-7-19-10-17-5-4-14(19)20/h4-5,8-10H,6-7H2,1-3H3,(H,18,21). The van der Waals surface area contributed by atoms with E-state index in [9.17, 15) is 9.59 Å². The third-order valence-electron chi connectivity index (χ3n) is 3.36. The van der Waals surface area contributed by atoms with Gasteiger partial charge in [0.1, 0.15) is 0 Å². The molecule has 8 heteroatoms. The molecule has 0 aliphatic rings. The summed E-state index contributed by atoms with van der Waals surface area (Å²) in [5, 5.41) is 2.74. The van der Waals surface area contributed by atoms with Crippen LogP contribution in [0.15, 0.2) is 35.5 Å². The van der Waals surface area contributed by atoms with Crippen LogP contribution in [0.3, 0.4) is 0 Å². The van der Waals surface area contributed by atoms with Gasteiger partial charge in [-0.1, -0.05) is 0 Å². The lowest BCUT2D eigenvalue weighted by molar-refractivity contribution is 0.0951. The first-order valence-electron chi connectivity index (χ1n) is 7.19. The first-order valence-corrected chi connectivity index (χ1v) is 7.19. The monoisotopic (exact) mass is 333 g/mol. The van der Waals surface area contributed by atoms with E-state index in [4.69, 9.17) is 14.2 Å². The van der Waals surface area contributed by atoms with E-state index >= 15 is 0 Å². The molecule has 1 aromatic carbocycles. The molecule has 0 atom stereocenters. The van der Waals surface area contributed by atoms with Crippen LogP contribution in [0.5, 0.6) is 17.2 Å². The summed E-state index contributed by atoms with van der Waals surface area (Å²) < 4.78 is 17.1. The van der Waals surface area contributed by atoms with Gasteiger partial charge >= 0.3 is 0 Å². The van der Waals surface area contributed by atoms with Gasteiger partial charge in [-0.2, -0.15) is 0 Å². The van der Waals surface area contributed by atoms with E-state index in [0.29, 0.717) is 29.4 Å². The lowest BCUT2D eigenvalue weighted by Gasteiger charge is -2.14. The van der Waals surface area contributed by atoms with Crippen molar-refractivity contribution >= 4 is 5.91 Å². The minimum atomic E-state index is -0.314. The van der Waals surface area contributed by atoms with Crippen LogP contribution in [0.1, 0.15) is 10.4 Å². The van der Waals surface area contributed by atoms with Crippen LogP contribution < -0.4 is 25.1 Å². The molecular formula is C16H19N3O5. The highest BCUT2D eigenvalue weighted by atomic mass is 16.5. The van der Waals surface area contributed by atoms with Gasteiger partial charge in [0.15, 0.2) is 11.5 Å². The van der Waals surface area contributed by atoms with E-state index < -0.39 is 0 Å². The molecule has 0 aliphatic carbocycles. The van der Waals surface area contributed by atoms with Crippen LogP contribution in [0.4, 0.5) is 0 Å². The van der Waals surface area contributed by atoms with Gasteiger partial charge in [0.2, 0.25) is 5.75 Å². The fourth-order valence-corrected chi connectivity index (χ4v) is 2.15. The highest BCUT2D eigenvalue weighted by molar-refractivity contribution is 5.95. The van der Waals surface area contributed by atoms with E-state index in [-0.39, 0.29) is 18.0 Å². The van der Waals surface area contributed by atoms with Crippen LogP contribution in [-0.4, -0.2) is 43.3 Å². The number of hydrogen-bond donors (Lipinski definition) is 1. The van der Waals surface area contributed by atoms with Crippen molar-refractivity contribution in [3.63, 3.8) is 0 Å². The molecule has 1 N–H and O–H groups in total. The van der Waals surface area contributed by atoms with E-state index in [1.54, 1.807) is 12.1 Å². The first kappa shape index (κ1) is 17.3. The van der Waals surface area contributed by atoms with Crippen LogP contribution in [-0.2, 0) is 6.54 Å². The van der Waals surface area contributed by atoms with Gasteiger partial charge in [-0.3, -0.25) is 14.2 Å². The smallest absolute Gasteiger partial charge is 0.253 e. The summed E-state index contributed by atoms with van der Waals surface area (Å²) in [4.78, 5) is 27.7. The summed E-state index contributed by atoms with van der Waals surface area (Å²) in [6.07, 6.45) is 2.85. The van der Waals surface area contributed by atoms with Crippen molar-refractivity contribution in [1.29, 1.82) is 0 Å². The predicted octanol–water partition coefficient (Wildman–Crippen LogP) is 0.699. The average molecular weight is 333 g/mol. The molecule has 0 saturated heterocycles. The third kappa shape index (κ3) is 3.83. The molecule has 8 nitrogen and oxygen atoms in total. The lowest BCUT2D eigenvalue weighted by Crippen LogP contribution is -2.30. The molecule has 1 aromatic heterocycles. The van der Waals surface area contributed by atoms with E-state index in [1.165, 1.54) is 44.5 Å². The summed E-state index contributed by atoms with van der Waals surface area (Å²) in [6, 6.07) is 4.49. The number of nitrogens with zero attached hydrogens (tertiary/aromatic N) is 2. The largest absolute Gasteiger partial charge is 0.493 e. The lowest BCUT2D eigenvalue weighted by atomic mass is 10.1. The second-order valence-electron chi connectivity index (χ2n) is 4.78. The van der Waals surface area contributed by atoms with Gasteiger partial charge in [0.25, 0.3) is 11.5 Å². The third-order valence-corrected chi connectivity index (χ3v) is 3.36. The van der Waals surface area contributed by atoms with Crippen molar-refractivity contribution in [3.8, 4) is 17.2 Å². The van der Waals surface area contributed by atoms with Crippen LogP contribution >= 0.6 is 0 Å². The molecule has 0 radical (unpaired) electrons. The maximum absolute atomic E-state index is 12.3. The van der Waals surface area contributed by atoms with Gasteiger partial charge in [0.05, 0.1) is 27.7 Å². The minimum absolute atomic E-state index is 0.174. The average Bonchev–Trinajstić information content (AvgIpc) is 2.61. The number of carbonyl (C=O) groups excluding carboxylic acids is 1. The van der Waals surface area contributed by atoms with Gasteiger partial charge in [0, 0.05) is 30.9 Å². The molecule has 2 aromatic rings. The molecule has 128 valence electrons. The summed E-state index contributed by atoms with van der Waals surface area (Å²) in [5.41, 5.74) is 0.190. The van der Waals surface area contributed by atoms with E-state index in [0.717, 1.165) is 0 Å². The molecule has 0 unspecified atom stereocenters. The zero-order chi connectivity index (χ0) is 17.5. The Morgan fingerprint density at radius 1 is 1.17 bits per heavy atom. The van der Waals surface area contributed by atoms with Gasteiger partial charge in [-0.05, 0) is 12.1 Å². The number of rotatable bonds is 7. The van der Waals surface area contributed by atoms with E-state index in [1.807, 2.05) is 0 Å². The number of amides is 1. The fraction of sp³-hybridized carbons (Fsp3) is 0.312. The number of benzene rings is 1. The number of aromatic nitrogens is 2. The number of nitrogens with one attached hydrogen (secondary N) is 1. The van der Waals surface area contributed by atoms with Crippen molar-refractivity contribution in [1.82, 2.24) is 14.9 Å². The highest BCUT2D eigenvalue weighted by Crippen LogP contribution is 2.38. The Hall–Kier alpha value is -3.03. The topological polar surface area (TPSA) is 91.7 Å². The minimum Gasteiger partial charge on any atom is -0.493 e. The van der Waals surface area contributed by atoms with Gasteiger partial charge in [-0.25, -0.2) is 4.98 Å². The van der Waals surface area contributed by atoms with Crippen molar-refractivity contribution in [2.75, 3.05) is 27.9 Å². The molecule has 2 rings (SSSR count). The molecule has 0 bridgehead atoms. The molecule has 1 heterocycles. The highest BCUT2D eigenvalue weighted by Gasteiger charge is 2.16. The number of ether oxygens (including phenoxy) is 3. The molecule has 0 saturated carbocycles. The second-order valence-corrected chi connectivity index (χ2v) is 4.78. The van der Waals surface area contributed by atoms with Crippen LogP contribution in [0, 0.1) is 0 Å². The van der Waals surface area contributed by atoms with Gasteiger partial charge in [-0.15, -0.1) is 0 Å². The van der Waals surface area contributed by atoms with Crippen LogP contribution in [0.25, 0.3) is 0 Å². The molecule has 0 fully saturated rings. The number of methoxy groups -OCH3 is 3.